The summed E-state index contributed by atoms with van der Waals surface area (Å²) in [6.07, 6.45) is 1.07. The minimum atomic E-state index is -0.221. The topological polar surface area (TPSA) is 38.3 Å². The summed E-state index contributed by atoms with van der Waals surface area (Å²) < 4.78 is 4.79. The third-order valence-corrected chi connectivity index (χ3v) is 2.37. The van der Waals surface area contributed by atoms with Crippen molar-refractivity contribution in [3.8, 4) is 0 Å². The van der Waals surface area contributed by atoms with E-state index in [1.54, 1.807) is 0 Å². The van der Waals surface area contributed by atoms with Crippen molar-refractivity contribution in [1.82, 2.24) is 5.32 Å². The van der Waals surface area contributed by atoms with Crippen LogP contribution in [-0.4, -0.2) is 25.7 Å². The smallest absolute Gasteiger partial charge is 0.323 e. The molecule has 0 aliphatic heterocycles. The van der Waals surface area contributed by atoms with Gasteiger partial charge < -0.3 is 10.1 Å². The zero-order valence-corrected chi connectivity index (χ0v) is 10.9. The summed E-state index contributed by atoms with van der Waals surface area (Å²) >= 11 is 0. The molecule has 1 atom stereocenters. The van der Waals surface area contributed by atoms with Crippen LogP contribution in [0.2, 0.25) is 0 Å². The van der Waals surface area contributed by atoms with Crippen LogP contribution >= 0.6 is 0 Å². The van der Waals surface area contributed by atoms with Crippen molar-refractivity contribution in [1.29, 1.82) is 0 Å². The van der Waals surface area contributed by atoms with Gasteiger partial charge in [0.25, 0.3) is 0 Å². The molecule has 0 rings (SSSR count). The molecule has 0 heterocycles. The summed E-state index contributed by atoms with van der Waals surface area (Å²) in [4.78, 5) is 11.5. The SMILES string of the molecule is COC(=O)[C@@H](NCCC(C)C)C(C)(C)C. The Labute approximate surface area is 93.6 Å². The lowest BCUT2D eigenvalue weighted by Crippen LogP contribution is -2.47. The average molecular weight is 215 g/mol. The Bertz CT molecular complexity index is 194. The molecule has 0 unspecified atom stereocenters. The molecular formula is C12H25NO2. The predicted octanol–water partition coefficient (Wildman–Crippen LogP) is 2.21. The van der Waals surface area contributed by atoms with Crippen LogP contribution in [0.25, 0.3) is 0 Å². The number of ether oxygens (including phenoxy) is 1. The van der Waals surface area contributed by atoms with Crippen molar-refractivity contribution in [3.05, 3.63) is 0 Å². The molecule has 0 aromatic heterocycles. The lowest BCUT2D eigenvalue weighted by molar-refractivity contribution is -0.146. The zero-order valence-electron chi connectivity index (χ0n) is 10.9. The highest BCUT2D eigenvalue weighted by Crippen LogP contribution is 2.20. The monoisotopic (exact) mass is 215 g/mol. The molecule has 0 aromatic rings. The highest BCUT2D eigenvalue weighted by molar-refractivity contribution is 5.76. The van der Waals surface area contributed by atoms with E-state index in [0.717, 1.165) is 13.0 Å². The van der Waals surface area contributed by atoms with Crippen LogP contribution in [0.15, 0.2) is 0 Å². The van der Waals surface area contributed by atoms with E-state index in [2.05, 4.69) is 19.2 Å². The van der Waals surface area contributed by atoms with Gasteiger partial charge in [0.2, 0.25) is 0 Å². The number of hydrogen-bond donors (Lipinski definition) is 1. The second-order valence-electron chi connectivity index (χ2n) is 5.46. The van der Waals surface area contributed by atoms with Gasteiger partial charge in [-0.15, -0.1) is 0 Å². The van der Waals surface area contributed by atoms with Gasteiger partial charge in [0.1, 0.15) is 6.04 Å². The van der Waals surface area contributed by atoms with E-state index in [-0.39, 0.29) is 17.4 Å². The van der Waals surface area contributed by atoms with Crippen LogP contribution < -0.4 is 5.32 Å². The van der Waals surface area contributed by atoms with Gasteiger partial charge in [-0.3, -0.25) is 4.79 Å². The first-order valence-corrected chi connectivity index (χ1v) is 5.60. The van der Waals surface area contributed by atoms with Crippen LogP contribution in [0, 0.1) is 11.3 Å². The minimum Gasteiger partial charge on any atom is -0.468 e. The number of esters is 1. The highest BCUT2D eigenvalue weighted by Gasteiger charge is 2.31. The molecule has 3 nitrogen and oxygen atoms in total. The molecule has 0 aliphatic carbocycles. The highest BCUT2D eigenvalue weighted by atomic mass is 16.5. The third-order valence-electron chi connectivity index (χ3n) is 2.37. The summed E-state index contributed by atoms with van der Waals surface area (Å²) in [5.41, 5.74) is -0.107. The van der Waals surface area contributed by atoms with E-state index >= 15 is 0 Å². The molecular weight excluding hydrogens is 190 g/mol. The van der Waals surface area contributed by atoms with Crippen molar-refractivity contribution in [2.45, 2.75) is 47.1 Å². The molecule has 90 valence electrons. The van der Waals surface area contributed by atoms with Crippen LogP contribution in [-0.2, 0) is 9.53 Å². The molecule has 1 N–H and O–H groups in total. The first-order chi connectivity index (χ1) is 6.79. The second-order valence-corrected chi connectivity index (χ2v) is 5.46. The van der Waals surface area contributed by atoms with Gasteiger partial charge in [-0.2, -0.15) is 0 Å². The van der Waals surface area contributed by atoms with Gasteiger partial charge in [-0.25, -0.2) is 0 Å². The van der Waals surface area contributed by atoms with Crippen molar-refractivity contribution in [2.75, 3.05) is 13.7 Å². The van der Waals surface area contributed by atoms with Gasteiger partial charge in [0.05, 0.1) is 7.11 Å². The Kier molecular flexibility index (Phi) is 5.88. The zero-order chi connectivity index (χ0) is 12.1. The van der Waals surface area contributed by atoms with E-state index in [9.17, 15) is 4.79 Å². The van der Waals surface area contributed by atoms with E-state index in [4.69, 9.17) is 4.74 Å². The normalized spacial score (nSPS) is 14.1. The molecule has 0 radical (unpaired) electrons. The van der Waals surface area contributed by atoms with Crippen molar-refractivity contribution < 1.29 is 9.53 Å². The van der Waals surface area contributed by atoms with E-state index < -0.39 is 0 Å². The quantitative estimate of drug-likeness (QED) is 0.715. The van der Waals surface area contributed by atoms with Crippen molar-refractivity contribution >= 4 is 5.97 Å². The van der Waals surface area contributed by atoms with Gasteiger partial charge in [-0.1, -0.05) is 34.6 Å². The Hall–Kier alpha value is -0.570. The molecule has 3 heteroatoms. The molecule has 0 bridgehead atoms. The molecule has 0 aliphatic rings. The van der Waals surface area contributed by atoms with E-state index in [0.29, 0.717) is 5.92 Å². The summed E-state index contributed by atoms with van der Waals surface area (Å²) in [6.45, 7) is 11.3. The fraction of sp³-hybridized carbons (Fsp3) is 0.917. The van der Waals surface area contributed by atoms with Gasteiger partial charge >= 0.3 is 5.97 Å². The minimum absolute atomic E-state index is 0.107. The maximum atomic E-state index is 11.5. The van der Waals surface area contributed by atoms with Crippen molar-refractivity contribution in [3.63, 3.8) is 0 Å². The predicted molar refractivity (Wildman–Crippen MR) is 62.7 cm³/mol. The Morgan fingerprint density at radius 3 is 2.20 bits per heavy atom. The van der Waals surface area contributed by atoms with Crippen LogP contribution in [0.5, 0.6) is 0 Å². The number of hydrogen-bond acceptors (Lipinski definition) is 3. The summed E-state index contributed by atoms with van der Waals surface area (Å²) in [7, 11) is 1.44. The van der Waals surface area contributed by atoms with Gasteiger partial charge in [0.15, 0.2) is 0 Å². The molecule has 0 saturated heterocycles. The van der Waals surface area contributed by atoms with Crippen molar-refractivity contribution in [2.24, 2.45) is 11.3 Å². The number of carbonyl (C=O) groups excluding carboxylic acids is 1. The molecule has 0 amide bonds. The third kappa shape index (κ3) is 5.78. The fourth-order valence-electron chi connectivity index (χ4n) is 1.38. The fourth-order valence-corrected chi connectivity index (χ4v) is 1.38. The molecule has 0 fully saturated rings. The number of methoxy groups -OCH3 is 1. The maximum absolute atomic E-state index is 11.5. The van der Waals surface area contributed by atoms with E-state index in [1.165, 1.54) is 7.11 Å². The molecule has 0 spiro atoms. The van der Waals surface area contributed by atoms with E-state index in [1.807, 2.05) is 20.8 Å². The number of nitrogens with one attached hydrogen (secondary N) is 1. The number of rotatable bonds is 5. The first-order valence-electron chi connectivity index (χ1n) is 5.60. The number of carbonyl (C=O) groups is 1. The summed E-state index contributed by atoms with van der Waals surface area (Å²) in [6, 6.07) is -0.221. The molecule has 0 saturated carbocycles. The average Bonchev–Trinajstić information content (AvgIpc) is 2.09. The lowest BCUT2D eigenvalue weighted by Gasteiger charge is -2.29. The maximum Gasteiger partial charge on any atom is 0.323 e. The van der Waals surface area contributed by atoms with Crippen LogP contribution in [0.1, 0.15) is 41.0 Å². The standard InChI is InChI=1S/C12H25NO2/c1-9(2)7-8-13-10(11(14)15-6)12(3,4)5/h9-10,13H,7-8H2,1-6H3/t10-/m1/s1. The van der Waals surface area contributed by atoms with Crippen LogP contribution in [0.3, 0.4) is 0 Å². The van der Waals surface area contributed by atoms with Gasteiger partial charge in [0, 0.05) is 0 Å². The summed E-state index contributed by atoms with van der Waals surface area (Å²) in [5.74, 6) is 0.474. The second kappa shape index (κ2) is 6.11. The Balaban J connectivity index is 4.21. The Morgan fingerprint density at radius 1 is 1.33 bits per heavy atom. The van der Waals surface area contributed by atoms with Crippen LogP contribution in [0.4, 0.5) is 0 Å². The molecule has 15 heavy (non-hydrogen) atoms. The largest absolute Gasteiger partial charge is 0.468 e. The lowest BCUT2D eigenvalue weighted by atomic mass is 9.86. The molecule has 0 aromatic carbocycles. The van der Waals surface area contributed by atoms with Gasteiger partial charge in [-0.05, 0) is 24.3 Å². The summed E-state index contributed by atoms with van der Waals surface area (Å²) in [5, 5.41) is 3.27. The first kappa shape index (κ1) is 14.4. The Morgan fingerprint density at radius 2 is 1.87 bits per heavy atom.